The topological polar surface area (TPSA) is 24.9 Å². The van der Waals surface area contributed by atoms with Gasteiger partial charge < -0.3 is 5.32 Å². The summed E-state index contributed by atoms with van der Waals surface area (Å²) in [6.07, 6.45) is 3.94. The van der Waals surface area contributed by atoms with Crippen LogP contribution in [0.1, 0.15) is 31.9 Å². The first-order valence-electron chi connectivity index (χ1n) is 5.04. The van der Waals surface area contributed by atoms with Crippen LogP contribution < -0.4 is 5.32 Å². The summed E-state index contributed by atoms with van der Waals surface area (Å²) in [4.78, 5) is 4.39. The van der Waals surface area contributed by atoms with E-state index >= 15 is 0 Å². The molecule has 0 bridgehead atoms. The van der Waals surface area contributed by atoms with Crippen molar-refractivity contribution in [1.29, 1.82) is 0 Å². The highest BCUT2D eigenvalue weighted by Crippen LogP contribution is 2.31. The van der Waals surface area contributed by atoms with Gasteiger partial charge in [0.15, 0.2) is 0 Å². The zero-order valence-corrected chi connectivity index (χ0v) is 9.97. The molecule has 0 spiro atoms. The van der Waals surface area contributed by atoms with Crippen molar-refractivity contribution in [2.75, 3.05) is 0 Å². The van der Waals surface area contributed by atoms with E-state index in [1.807, 2.05) is 12.1 Å². The number of pyridine rings is 1. The first-order valence-corrected chi connectivity index (χ1v) is 5.84. The van der Waals surface area contributed by atoms with Crippen LogP contribution in [0.15, 0.2) is 22.8 Å². The second-order valence-electron chi connectivity index (χ2n) is 4.22. The third-order valence-corrected chi connectivity index (χ3v) is 3.37. The van der Waals surface area contributed by atoms with Crippen LogP contribution in [0.3, 0.4) is 0 Å². The Hall–Kier alpha value is -0.410. The molecule has 0 unspecified atom stereocenters. The van der Waals surface area contributed by atoms with Crippen LogP contribution in [0.25, 0.3) is 0 Å². The number of aromatic nitrogens is 1. The summed E-state index contributed by atoms with van der Waals surface area (Å²) in [5.41, 5.74) is 1.47. The smallest absolute Gasteiger partial charge is 0.106 e. The first kappa shape index (κ1) is 10.1. The number of hydrogen-bond acceptors (Lipinski definition) is 2. The molecule has 0 aromatic carbocycles. The highest BCUT2D eigenvalue weighted by atomic mass is 79.9. The Morgan fingerprint density at radius 1 is 1.50 bits per heavy atom. The number of nitrogens with one attached hydrogen (secondary N) is 1. The first-order chi connectivity index (χ1) is 6.68. The Labute approximate surface area is 93.3 Å². The zero-order valence-electron chi connectivity index (χ0n) is 8.39. The molecule has 1 aliphatic rings. The largest absolute Gasteiger partial charge is 0.306 e. The summed E-state index contributed by atoms with van der Waals surface area (Å²) >= 11 is 3.37. The number of rotatable bonds is 3. The van der Waals surface area contributed by atoms with Crippen molar-refractivity contribution in [2.24, 2.45) is 0 Å². The van der Waals surface area contributed by atoms with Crippen LogP contribution in [-0.4, -0.2) is 10.5 Å². The molecule has 14 heavy (non-hydrogen) atoms. The van der Waals surface area contributed by atoms with Crippen molar-refractivity contribution < 1.29 is 0 Å². The van der Waals surface area contributed by atoms with E-state index in [-0.39, 0.29) is 0 Å². The lowest BCUT2D eigenvalue weighted by atomic mass is 9.78. The van der Waals surface area contributed by atoms with Gasteiger partial charge in [0, 0.05) is 12.1 Å². The van der Waals surface area contributed by atoms with Gasteiger partial charge in [-0.3, -0.25) is 0 Å². The Morgan fingerprint density at radius 3 is 2.86 bits per heavy atom. The van der Waals surface area contributed by atoms with Gasteiger partial charge in [0.2, 0.25) is 0 Å². The molecule has 1 saturated carbocycles. The maximum atomic E-state index is 4.39. The van der Waals surface area contributed by atoms with Crippen LogP contribution in [0.5, 0.6) is 0 Å². The lowest BCUT2D eigenvalue weighted by Crippen LogP contribution is -2.47. The number of hydrogen-bond donors (Lipinski definition) is 1. The second-order valence-corrected chi connectivity index (χ2v) is 5.03. The molecule has 1 fully saturated rings. The Balaban J connectivity index is 1.91. The lowest BCUT2D eigenvalue weighted by molar-refractivity contribution is 0.206. The zero-order chi connectivity index (χ0) is 10.0. The average molecular weight is 255 g/mol. The third kappa shape index (κ3) is 2.34. The van der Waals surface area contributed by atoms with Crippen LogP contribution >= 0.6 is 15.9 Å². The summed E-state index contributed by atoms with van der Waals surface area (Å²) in [7, 11) is 0. The van der Waals surface area contributed by atoms with Gasteiger partial charge in [0.25, 0.3) is 0 Å². The molecule has 76 valence electrons. The minimum atomic E-state index is 0.365. The summed E-state index contributed by atoms with van der Waals surface area (Å²) in [6, 6.07) is 6.03. The molecule has 2 nitrogen and oxygen atoms in total. The van der Waals surface area contributed by atoms with E-state index < -0.39 is 0 Å². The minimum absolute atomic E-state index is 0.365. The predicted molar refractivity (Wildman–Crippen MR) is 61.0 cm³/mol. The molecule has 0 radical (unpaired) electrons. The van der Waals surface area contributed by atoms with Gasteiger partial charge in [-0.1, -0.05) is 6.07 Å². The summed E-state index contributed by atoms with van der Waals surface area (Å²) in [5.74, 6) is 0. The Morgan fingerprint density at radius 2 is 2.29 bits per heavy atom. The average Bonchev–Trinajstić information content (AvgIpc) is 2.12. The highest BCUT2D eigenvalue weighted by molar-refractivity contribution is 9.10. The molecule has 1 heterocycles. The predicted octanol–water partition coefficient (Wildman–Crippen LogP) is 2.88. The van der Waals surface area contributed by atoms with Crippen LogP contribution in [-0.2, 0) is 6.54 Å². The SMILES string of the molecule is CC1(NCc2cccc(Br)n2)CCC1. The minimum Gasteiger partial charge on any atom is -0.306 e. The van der Waals surface area contributed by atoms with Gasteiger partial charge in [-0.2, -0.15) is 0 Å². The van der Waals surface area contributed by atoms with Crippen molar-refractivity contribution in [3.8, 4) is 0 Å². The lowest BCUT2D eigenvalue weighted by Gasteiger charge is -2.39. The van der Waals surface area contributed by atoms with Crippen LogP contribution in [0.4, 0.5) is 0 Å². The molecular formula is C11H15BrN2. The number of nitrogens with zero attached hydrogens (tertiary/aromatic N) is 1. The van der Waals surface area contributed by atoms with Gasteiger partial charge in [-0.05, 0) is 54.2 Å². The Bertz CT molecular complexity index is 321. The third-order valence-electron chi connectivity index (χ3n) is 2.93. The normalized spacial score (nSPS) is 19.0. The van der Waals surface area contributed by atoms with Crippen LogP contribution in [0, 0.1) is 0 Å². The molecule has 1 aromatic rings. The number of halogens is 1. The van der Waals surface area contributed by atoms with E-state index in [4.69, 9.17) is 0 Å². The molecule has 2 rings (SSSR count). The van der Waals surface area contributed by atoms with E-state index in [1.165, 1.54) is 19.3 Å². The fraction of sp³-hybridized carbons (Fsp3) is 0.545. The molecule has 1 aromatic heterocycles. The molecular weight excluding hydrogens is 240 g/mol. The van der Waals surface area contributed by atoms with E-state index in [9.17, 15) is 0 Å². The molecule has 0 saturated heterocycles. The van der Waals surface area contributed by atoms with Crippen molar-refractivity contribution in [1.82, 2.24) is 10.3 Å². The quantitative estimate of drug-likeness (QED) is 0.840. The second kappa shape index (κ2) is 3.99. The monoisotopic (exact) mass is 254 g/mol. The summed E-state index contributed by atoms with van der Waals surface area (Å²) in [6.45, 7) is 3.16. The van der Waals surface area contributed by atoms with E-state index in [0.717, 1.165) is 16.8 Å². The fourth-order valence-electron chi connectivity index (χ4n) is 1.74. The van der Waals surface area contributed by atoms with Gasteiger partial charge in [0.05, 0.1) is 5.69 Å². The Kier molecular flexibility index (Phi) is 2.88. The van der Waals surface area contributed by atoms with Crippen molar-refractivity contribution in [2.45, 2.75) is 38.3 Å². The van der Waals surface area contributed by atoms with Crippen molar-refractivity contribution >= 4 is 15.9 Å². The van der Waals surface area contributed by atoms with Gasteiger partial charge >= 0.3 is 0 Å². The molecule has 0 amide bonds. The van der Waals surface area contributed by atoms with Crippen molar-refractivity contribution in [3.05, 3.63) is 28.5 Å². The van der Waals surface area contributed by atoms with E-state index in [1.54, 1.807) is 0 Å². The van der Waals surface area contributed by atoms with Crippen LogP contribution in [0.2, 0.25) is 0 Å². The molecule has 3 heteroatoms. The molecule has 1 aliphatic carbocycles. The van der Waals surface area contributed by atoms with E-state index in [2.05, 4.69) is 39.2 Å². The maximum absolute atomic E-state index is 4.39. The summed E-state index contributed by atoms with van der Waals surface area (Å²) in [5, 5.41) is 3.56. The van der Waals surface area contributed by atoms with Gasteiger partial charge in [-0.25, -0.2) is 4.98 Å². The van der Waals surface area contributed by atoms with Gasteiger partial charge in [-0.15, -0.1) is 0 Å². The standard InChI is InChI=1S/C11H15BrN2/c1-11(6-3-7-11)13-8-9-4-2-5-10(12)14-9/h2,4-5,13H,3,6-8H2,1H3. The van der Waals surface area contributed by atoms with Crippen molar-refractivity contribution in [3.63, 3.8) is 0 Å². The summed E-state index contributed by atoms with van der Waals surface area (Å²) < 4.78 is 0.913. The van der Waals surface area contributed by atoms with E-state index in [0.29, 0.717) is 5.54 Å². The molecule has 1 N–H and O–H groups in total. The van der Waals surface area contributed by atoms with Gasteiger partial charge in [0.1, 0.15) is 4.60 Å². The fourth-order valence-corrected chi connectivity index (χ4v) is 2.12. The molecule has 0 aliphatic heterocycles. The molecule has 0 atom stereocenters. The maximum Gasteiger partial charge on any atom is 0.106 e. The highest BCUT2D eigenvalue weighted by Gasteiger charge is 2.30.